The molecule has 2 aromatic rings. The summed E-state index contributed by atoms with van der Waals surface area (Å²) in [6.07, 6.45) is 0. The lowest BCUT2D eigenvalue weighted by Crippen LogP contribution is -2.43. The molecular formula is C23H27N3O4. The van der Waals surface area contributed by atoms with E-state index in [1.807, 2.05) is 36.4 Å². The third-order valence-corrected chi connectivity index (χ3v) is 5.38. The van der Waals surface area contributed by atoms with Gasteiger partial charge in [-0.2, -0.15) is 0 Å². The van der Waals surface area contributed by atoms with Crippen molar-refractivity contribution in [2.45, 2.75) is 38.8 Å². The molecule has 7 heteroatoms. The number of methoxy groups -OCH3 is 1. The number of nitrogens with one attached hydrogen (secondary N) is 2. The molecule has 0 aliphatic carbocycles. The Kier molecular flexibility index (Phi) is 6.10. The fourth-order valence-corrected chi connectivity index (χ4v) is 3.38. The SMILES string of the molecule is COc1ccc(CNC(=O)CN2C(=O)N[C@@](C)(c3ccc(C(C)C)cc3)C2=O)cc1. The number of hydrogen-bond acceptors (Lipinski definition) is 4. The van der Waals surface area contributed by atoms with E-state index in [1.54, 1.807) is 26.2 Å². The third-order valence-electron chi connectivity index (χ3n) is 5.38. The molecule has 7 nitrogen and oxygen atoms in total. The van der Waals surface area contributed by atoms with Crippen molar-refractivity contribution in [2.75, 3.05) is 13.7 Å². The quantitative estimate of drug-likeness (QED) is 0.689. The van der Waals surface area contributed by atoms with Crippen molar-refractivity contribution >= 4 is 17.8 Å². The standard InChI is InChI=1S/C23H27N3O4/c1-15(2)17-7-9-18(10-8-17)23(3)21(28)26(22(29)25-23)14-20(27)24-13-16-5-11-19(30-4)12-6-16/h5-12,15H,13-14H2,1-4H3,(H,24,27)(H,25,29)/t23-/m0/s1. The number of hydrogen-bond donors (Lipinski definition) is 2. The predicted octanol–water partition coefficient (Wildman–Crippen LogP) is 2.90. The monoisotopic (exact) mass is 409 g/mol. The highest BCUT2D eigenvalue weighted by atomic mass is 16.5. The maximum Gasteiger partial charge on any atom is 0.325 e. The van der Waals surface area contributed by atoms with Crippen molar-refractivity contribution in [3.05, 3.63) is 65.2 Å². The second kappa shape index (κ2) is 8.57. The van der Waals surface area contributed by atoms with Crippen LogP contribution in [0.1, 0.15) is 43.4 Å². The maximum absolute atomic E-state index is 13.0. The minimum Gasteiger partial charge on any atom is -0.497 e. The van der Waals surface area contributed by atoms with E-state index in [0.717, 1.165) is 21.8 Å². The minimum atomic E-state index is -1.19. The fourth-order valence-electron chi connectivity index (χ4n) is 3.38. The van der Waals surface area contributed by atoms with Gasteiger partial charge in [-0.3, -0.25) is 14.5 Å². The Bertz CT molecular complexity index is 938. The van der Waals surface area contributed by atoms with Crippen molar-refractivity contribution in [1.29, 1.82) is 0 Å². The van der Waals surface area contributed by atoms with Gasteiger partial charge in [0.25, 0.3) is 5.91 Å². The lowest BCUT2D eigenvalue weighted by atomic mass is 9.90. The molecule has 0 saturated carbocycles. The van der Waals surface area contributed by atoms with Crippen LogP contribution in [0.5, 0.6) is 5.75 Å². The van der Waals surface area contributed by atoms with Crippen molar-refractivity contribution in [2.24, 2.45) is 0 Å². The summed E-state index contributed by atoms with van der Waals surface area (Å²) in [6, 6.07) is 14.3. The Labute approximate surface area is 176 Å². The molecule has 1 aliphatic rings. The van der Waals surface area contributed by atoms with Gasteiger partial charge in [-0.25, -0.2) is 4.79 Å². The molecule has 1 aliphatic heterocycles. The first kappa shape index (κ1) is 21.4. The van der Waals surface area contributed by atoms with Crippen molar-refractivity contribution in [1.82, 2.24) is 15.5 Å². The van der Waals surface area contributed by atoms with Crippen LogP contribution in [0.3, 0.4) is 0 Å². The van der Waals surface area contributed by atoms with Gasteiger partial charge in [0.15, 0.2) is 0 Å². The number of carbonyl (C=O) groups excluding carboxylic acids is 3. The molecule has 1 heterocycles. The average molecular weight is 409 g/mol. The van der Waals surface area contributed by atoms with E-state index in [0.29, 0.717) is 18.0 Å². The molecule has 1 fully saturated rings. The summed E-state index contributed by atoms with van der Waals surface area (Å²) in [6.45, 7) is 5.80. The number of nitrogens with zero attached hydrogens (tertiary/aromatic N) is 1. The number of urea groups is 1. The molecule has 2 N–H and O–H groups in total. The van der Waals surface area contributed by atoms with Gasteiger partial charge in [-0.15, -0.1) is 0 Å². The molecule has 4 amide bonds. The third kappa shape index (κ3) is 4.30. The largest absolute Gasteiger partial charge is 0.497 e. The van der Waals surface area contributed by atoms with Gasteiger partial charge in [0, 0.05) is 6.54 Å². The van der Waals surface area contributed by atoms with Gasteiger partial charge in [0.1, 0.15) is 17.8 Å². The molecule has 2 aromatic carbocycles. The van der Waals surface area contributed by atoms with E-state index in [1.165, 1.54) is 0 Å². The van der Waals surface area contributed by atoms with E-state index in [9.17, 15) is 14.4 Å². The molecule has 1 saturated heterocycles. The van der Waals surface area contributed by atoms with E-state index in [4.69, 9.17) is 4.74 Å². The van der Waals surface area contributed by atoms with Crippen molar-refractivity contribution in [3.63, 3.8) is 0 Å². The molecule has 158 valence electrons. The zero-order valence-corrected chi connectivity index (χ0v) is 17.7. The smallest absolute Gasteiger partial charge is 0.325 e. The van der Waals surface area contributed by atoms with Gasteiger partial charge in [0.2, 0.25) is 5.91 Å². The van der Waals surface area contributed by atoms with Gasteiger partial charge in [-0.1, -0.05) is 50.2 Å². The first-order chi connectivity index (χ1) is 14.2. The number of carbonyl (C=O) groups is 3. The highest BCUT2D eigenvalue weighted by Crippen LogP contribution is 2.29. The Morgan fingerprint density at radius 3 is 2.30 bits per heavy atom. The normalized spacial score (nSPS) is 18.5. The summed E-state index contributed by atoms with van der Waals surface area (Å²) in [5, 5.41) is 5.47. The highest BCUT2D eigenvalue weighted by molar-refractivity contribution is 6.09. The molecule has 0 unspecified atom stereocenters. The molecule has 0 bridgehead atoms. The molecule has 3 rings (SSSR count). The molecule has 0 radical (unpaired) electrons. The highest BCUT2D eigenvalue weighted by Gasteiger charge is 2.49. The van der Waals surface area contributed by atoms with Crippen LogP contribution in [0.15, 0.2) is 48.5 Å². The van der Waals surface area contributed by atoms with Crippen LogP contribution in [0.2, 0.25) is 0 Å². The summed E-state index contributed by atoms with van der Waals surface area (Å²) in [5.41, 5.74) is 1.53. The zero-order chi connectivity index (χ0) is 21.9. The average Bonchev–Trinajstić information content (AvgIpc) is 2.96. The van der Waals surface area contributed by atoms with E-state index in [-0.39, 0.29) is 6.54 Å². The number of amides is 4. The Morgan fingerprint density at radius 1 is 1.10 bits per heavy atom. The molecule has 0 spiro atoms. The number of rotatable bonds is 7. The summed E-state index contributed by atoms with van der Waals surface area (Å²) in [5.74, 6) is 0.245. The summed E-state index contributed by atoms with van der Waals surface area (Å²) in [4.78, 5) is 38.7. The Balaban J connectivity index is 1.64. The van der Waals surface area contributed by atoms with Crippen LogP contribution in [-0.2, 0) is 21.7 Å². The van der Waals surface area contributed by atoms with Gasteiger partial charge < -0.3 is 15.4 Å². The van der Waals surface area contributed by atoms with Gasteiger partial charge >= 0.3 is 6.03 Å². The number of benzene rings is 2. The second-order valence-electron chi connectivity index (χ2n) is 7.85. The molecule has 30 heavy (non-hydrogen) atoms. The number of ether oxygens (including phenoxy) is 1. The Morgan fingerprint density at radius 2 is 1.73 bits per heavy atom. The summed E-state index contributed by atoms with van der Waals surface area (Å²) >= 11 is 0. The molecule has 1 atom stereocenters. The van der Waals surface area contributed by atoms with E-state index < -0.39 is 23.4 Å². The lowest BCUT2D eigenvalue weighted by Gasteiger charge is -2.22. The van der Waals surface area contributed by atoms with Gasteiger partial charge in [0.05, 0.1) is 7.11 Å². The van der Waals surface area contributed by atoms with E-state index >= 15 is 0 Å². The lowest BCUT2D eigenvalue weighted by molar-refractivity contribution is -0.134. The summed E-state index contributed by atoms with van der Waals surface area (Å²) in [7, 11) is 1.58. The van der Waals surface area contributed by atoms with Crippen LogP contribution in [0.25, 0.3) is 0 Å². The van der Waals surface area contributed by atoms with Crippen molar-refractivity contribution < 1.29 is 19.1 Å². The fraction of sp³-hybridized carbons (Fsp3) is 0.348. The zero-order valence-electron chi connectivity index (χ0n) is 17.7. The molecule has 0 aromatic heterocycles. The molecular weight excluding hydrogens is 382 g/mol. The van der Waals surface area contributed by atoms with Crippen LogP contribution in [0, 0.1) is 0 Å². The van der Waals surface area contributed by atoms with Gasteiger partial charge in [-0.05, 0) is 41.7 Å². The number of imide groups is 1. The first-order valence-corrected chi connectivity index (χ1v) is 9.88. The predicted molar refractivity (Wildman–Crippen MR) is 113 cm³/mol. The van der Waals surface area contributed by atoms with Crippen LogP contribution in [-0.4, -0.2) is 36.4 Å². The second-order valence-corrected chi connectivity index (χ2v) is 7.85. The topological polar surface area (TPSA) is 87.7 Å². The van der Waals surface area contributed by atoms with Crippen molar-refractivity contribution in [3.8, 4) is 5.75 Å². The minimum absolute atomic E-state index is 0.292. The first-order valence-electron chi connectivity index (χ1n) is 9.88. The Hall–Kier alpha value is -3.35. The van der Waals surface area contributed by atoms with Crippen LogP contribution < -0.4 is 15.4 Å². The summed E-state index contributed by atoms with van der Waals surface area (Å²) < 4.78 is 5.11. The van der Waals surface area contributed by atoms with E-state index in [2.05, 4.69) is 24.5 Å². The van der Waals surface area contributed by atoms with Crippen LogP contribution in [0.4, 0.5) is 4.79 Å². The van der Waals surface area contributed by atoms with Crippen LogP contribution >= 0.6 is 0 Å². The maximum atomic E-state index is 13.0.